The number of benzene rings is 2. The van der Waals surface area contributed by atoms with Gasteiger partial charge in [-0.2, -0.15) is 0 Å². The van der Waals surface area contributed by atoms with E-state index in [-0.39, 0.29) is 23.9 Å². The average Bonchev–Trinajstić information content (AvgIpc) is 3.13. The van der Waals surface area contributed by atoms with Crippen LogP contribution in [-0.4, -0.2) is 39.2 Å². The number of fused-ring (bicyclic) bond motifs is 3. The number of amides is 1. The van der Waals surface area contributed by atoms with Gasteiger partial charge in [-0.05, 0) is 0 Å². The minimum absolute atomic E-state index is 0.121. The van der Waals surface area contributed by atoms with Gasteiger partial charge in [0, 0.05) is 0 Å². The first-order chi connectivity index (χ1) is 17.6. The molecule has 3 aromatic rings. The first-order valence-corrected chi connectivity index (χ1v) is 12.9. The van der Waals surface area contributed by atoms with Crippen molar-refractivity contribution in [1.29, 1.82) is 0 Å². The van der Waals surface area contributed by atoms with E-state index < -0.39 is 17.2 Å². The Balaban J connectivity index is 1.38. The van der Waals surface area contributed by atoms with Crippen molar-refractivity contribution in [1.82, 2.24) is 14.4 Å². The SMILES string of the molecule is CC(C)(C)OC(=O)N1Cc2cc(Cl)ccc2-n2c(bnc2C2CCC(Oc3cc(F)cc(F)c3)CC2)C1. The number of nitrogens with zero attached hydrogens (tertiary/aromatic N) is 3. The molecule has 6 nitrogen and oxygen atoms in total. The Kier molecular flexibility index (Phi) is 7.00. The summed E-state index contributed by atoms with van der Waals surface area (Å²) in [6, 6.07) is 8.96. The van der Waals surface area contributed by atoms with Gasteiger partial charge in [-0.15, -0.1) is 0 Å². The zero-order valence-corrected chi connectivity index (χ0v) is 21.9. The third-order valence-corrected chi connectivity index (χ3v) is 6.92. The summed E-state index contributed by atoms with van der Waals surface area (Å²) in [6.07, 6.45) is 2.60. The molecule has 0 N–H and O–H groups in total. The molecule has 37 heavy (non-hydrogen) atoms. The summed E-state index contributed by atoms with van der Waals surface area (Å²) in [4.78, 5) is 19.5. The molecule has 0 bridgehead atoms. The minimum atomic E-state index is -0.650. The molecule has 0 atom stereocenters. The third-order valence-electron chi connectivity index (χ3n) is 6.69. The summed E-state index contributed by atoms with van der Waals surface area (Å²) in [5.41, 5.74) is 2.16. The van der Waals surface area contributed by atoms with Crippen molar-refractivity contribution in [3.8, 4) is 11.4 Å². The number of hydrogen-bond donors (Lipinski definition) is 0. The quantitative estimate of drug-likeness (QED) is 0.390. The fourth-order valence-corrected chi connectivity index (χ4v) is 5.32. The Bertz CT molecular complexity index is 1300. The van der Waals surface area contributed by atoms with Crippen molar-refractivity contribution in [2.45, 2.75) is 77.2 Å². The second-order valence-electron chi connectivity index (χ2n) is 10.7. The van der Waals surface area contributed by atoms with Gasteiger partial charge in [-0.25, -0.2) is 0 Å². The Hall–Kier alpha value is -2.94. The predicted molar refractivity (Wildman–Crippen MR) is 137 cm³/mol. The van der Waals surface area contributed by atoms with Gasteiger partial charge in [0.2, 0.25) is 0 Å². The van der Waals surface area contributed by atoms with Crippen LogP contribution in [0.1, 0.15) is 69.3 Å². The van der Waals surface area contributed by atoms with Crippen LogP contribution in [-0.2, 0) is 17.8 Å². The molecule has 2 heterocycles. The van der Waals surface area contributed by atoms with Crippen LogP contribution < -0.4 is 4.74 Å². The van der Waals surface area contributed by atoms with Crippen molar-refractivity contribution in [3.05, 3.63) is 70.0 Å². The maximum atomic E-state index is 13.6. The maximum absolute atomic E-state index is 13.6. The fraction of sp³-hybridized carbons (Fsp3) is 0.444. The van der Waals surface area contributed by atoms with Gasteiger partial charge in [0.15, 0.2) is 0 Å². The first kappa shape index (κ1) is 25.7. The zero-order chi connectivity index (χ0) is 26.3. The van der Waals surface area contributed by atoms with Crippen LogP contribution in [0.5, 0.6) is 5.75 Å². The second kappa shape index (κ2) is 10.1. The van der Waals surface area contributed by atoms with Crippen molar-refractivity contribution in [2.24, 2.45) is 0 Å². The topological polar surface area (TPSA) is 56.6 Å². The standard InChI is InChI=1S/C27H29BClF2N3O3/c1-27(2,3)37-26(35)33-14-17-10-18(29)6-9-23(17)34-24(15-33)28-32-25(34)16-4-7-21(8-5-16)36-22-12-19(30)11-20(31)13-22/h6,9-13,16,21H,4-5,7-8,14-15H2,1-3H3. The number of hydrogen-bond acceptors (Lipinski definition) is 4. The van der Waals surface area contributed by atoms with E-state index in [0.29, 0.717) is 18.1 Å². The van der Waals surface area contributed by atoms with E-state index in [1.165, 1.54) is 12.1 Å². The predicted octanol–water partition coefficient (Wildman–Crippen LogP) is 6.50. The van der Waals surface area contributed by atoms with Crippen LogP contribution in [0, 0.1) is 11.6 Å². The molecule has 10 heteroatoms. The van der Waals surface area contributed by atoms with Crippen LogP contribution in [0.4, 0.5) is 13.6 Å². The van der Waals surface area contributed by atoms with Crippen LogP contribution in [0.15, 0.2) is 36.4 Å². The van der Waals surface area contributed by atoms with Gasteiger partial charge < -0.3 is 0 Å². The van der Waals surface area contributed by atoms with Gasteiger partial charge in [0.1, 0.15) is 0 Å². The van der Waals surface area contributed by atoms with E-state index in [2.05, 4.69) is 4.57 Å². The monoisotopic (exact) mass is 527 g/mol. The fourth-order valence-electron chi connectivity index (χ4n) is 5.12. The average molecular weight is 528 g/mol. The van der Waals surface area contributed by atoms with Crippen molar-refractivity contribution >= 4 is 24.7 Å². The third kappa shape index (κ3) is 5.82. The van der Waals surface area contributed by atoms with E-state index in [9.17, 15) is 13.6 Å². The summed E-state index contributed by atoms with van der Waals surface area (Å²) in [7, 11) is 1.83. The molecule has 194 valence electrons. The molecule has 1 saturated carbocycles. The molecular weight excluding hydrogens is 499 g/mol. The van der Waals surface area contributed by atoms with E-state index in [0.717, 1.165) is 54.4 Å². The van der Waals surface area contributed by atoms with Crippen LogP contribution >= 0.6 is 11.6 Å². The molecule has 1 aliphatic carbocycles. The zero-order valence-electron chi connectivity index (χ0n) is 21.1. The number of rotatable bonds is 3. The van der Waals surface area contributed by atoms with Gasteiger partial charge in [-0.3, -0.25) is 0 Å². The Morgan fingerprint density at radius 2 is 1.76 bits per heavy atom. The molecule has 0 saturated heterocycles. The molecule has 1 amide bonds. The summed E-state index contributed by atoms with van der Waals surface area (Å²) in [5.74, 6) is 0.0175. The normalized spacial score (nSPS) is 19.5. The van der Waals surface area contributed by atoms with Gasteiger partial charge in [0.25, 0.3) is 0 Å². The second-order valence-corrected chi connectivity index (χ2v) is 11.2. The molecule has 1 aliphatic heterocycles. The van der Waals surface area contributed by atoms with Gasteiger partial charge in [-0.1, -0.05) is 0 Å². The van der Waals surface area contributed by atoms with E-state index in [1.54, 1.807) is 4.90 Å². The molecule has 0 spiro atoms. The number of halogens is 3. The van der Waals surface area contributed by atoms with E-state index >= 15 is 0 Å². The van der Waals surface area contributed by atoms with Crippen LogP contribution in [0.25, 0.3) is 5.69 Å². The summed E-state index contributed by atoms with van der Waals surface area (Å²) in [5, 5.41) is 0.597. The Morgan fingerprint density at radius 1 is 1.05 bits per heavy atom. The van der Waals surface area contributed by atoms with Crippen LogP contribution in [0.2, 0.25) is 5.02 Å². The molecule has 1 fully saturated rings. The molecule has 2 aromatic carbocycles. The van der Waals surface area contributed by atoms with E-state index in [4.69, 9.17) is 26.0 Å². The number of aromatic nitrogens is 2. The van der Waals surface area contributed by atoms with Crippen LogP contribution in [0.3, 0.4) is 0 Å². The molecule has 0 unspecified atom stereocenters. The van der Waals surface area contributed by atoms with Crippen molar-refractivity contribution in [2.75, 3.05) is 0 Å². The van der Waals surface area contributed by atoms with Gasteiger partial charge >= 0.3 is 221 Å². The molecule has 2 aliphatic rings. The van der Waals surface area contributed by atoms with Crippen molar-refractivity contribution in [3.63, 3.8) is 0 Å². The van der Waals surface area contributed by atoms with E-state index in [1.807, 2.05) is 46.0 Å². The molecule has 0 radical (unpaired) electrons. The summed E-state index contributed by atoms with van der Waals surface area (Å²) >= 11 is 6.33. The first-order valence-electron chi connectivity index (χ1n) is 12.5. The Morgan fingerprint density at radius 3 is 2.43 bits per heavy atom. The number of carbonyl (C=O) groups is 1. The molecular formula is C27H29BClF2N3O3. The number of carbonyl (C=O) groups excluding carboxylic acids is 1. The molecule has 1 aromatic heterocycles. The van der Waals surface area contributed by atoms with Crippen molar-refractivity contribution < 1.29 is 23.0 Å². The Labute approximate surface area is 220 Å². The van der Waals surface area contributed by atoms with Gasteiger partial charge in [0.05, 0.1) is 0 Å². The number of ether oxygens (including phenoxy) is 2. The molecule has 5 rings (SSSR count). The summed E-state index contributed by atoms with van der Waals surface area (Å²) < 4.78 is 40.8. The summed E-state index contributed by atoms with van der Waals surface area (Å²) in [6.45, 7) is 6.27.